The minimum Gasteiger partial charge on any atom is -0.493 e. The predicted octanol–water partition coefficient (Wildman–Crippen LogP) is 3.73. The van der Waals surface area contributed by atoms with Crippen LogP contribution in [-0.2, 0) is 12.8 Å². The van der Waals surface area contributed by atoms with Crippen molar-refractivity contribution in [3.8, 4) is 11.5 Å². The number of hydrogen-bond acceptors (Lipinski definition) is 4. The van der Waals surface area contributed by atoms with Crippen LogP contribution in [0.1, 0.15) is 34.9 Å². The average molecular weight is 315 g/mol. The number of hydrogen-bond donors (Lipinski definition) is 1. The highest BCUT2D eigenvalue weighted by atomic mass is 32.1. The lowest BCUT2D eigenvalue weighted by molar-refractivity contribution is 0.282. The average Bonchev–Trinajstić information content (AvgIpc) is 3.22. The molecule has 1 aliphatic heterocycles. The molecule has 2 aromatic rings. The van der Waals surface area contributed by atoms with E-state index in [9.17, 15) is 0 Å². The zero-order chi connectivity index (χ0) is 14.9. The monoisotopic (exact) mass is 315 g/mol. The van der Waals surface area contributed by atoms with Crippen LogP contribution in [0.15, 0.2) is 29.6 Å². The Morgan fingerprint density at radius 1 is 1.23 bits per heavy atom. The number of ether oxygens (including phenoxy) is 2. The van der Waals surface area contributed by atoms with Gasteiger partial charge in [0.25, 0.3) is 0 Å². The summed E-state index contributed by atoms with van der Waals surface area (Å²) >= 11 is 1.86. The van der Waals surface area contributed by atoms with Gasteiger partial charge in [0.1, 0.15) is 0 Å². The van der Waals surface area contributed by atoms with Gasteiger partial charge in [0.2, 0.25) is 0 Å². The highest BCUT2D eigenvalue weighted by molar-refractivity contribution is 7.10. The summed E-state index contributed by atoms with van der Waals surface area (Å²) in [4.78, 5) is 1.49. The largest absolute Gasteiger partial charge is 0.493 e. The minimum atomic E-state index is 0.397. The number of rotatable bonds is 5. The molecule has 1 fully saturated rings. The fourth-order valence-electron chi connectivity index (χ4n) is 3.04. The van der Waals surface area contributed by atoms with E-state index in [1.165, 1.54) is 16.0 Å². The van der Waals surface area contributed by atoms with Gasteiger partial charge in [-0.05, 0) is 66.9 Å². The van der Waals surface area contributed by atoms with Crippen LogP contribution in [0, 0.1) is 0 Å². The first-order chi connectivity index (χ1) is 10.8. The molecule has 2 aliphatic rings. The Morgan fingerprint density at radius 3 is 2.95 bits per heavy atom. The van der Waals surface area contributed by atoms with E-state index in [1.54, 1.807) is 7.11 Å². The van der Waals surface area contributed by atoms with Crippen LogP contribution in [0.3, 0.4) is 0 Å². The topological polar surface area (TPSA) is 30.5 Å². The first-order valence-corrected chi connectivity index (χ1v) is 8.84. The van der Waals surface area contributed by atoms with E-state index in [0.717, 1.165) is 43.7 Å². The van der Waals surface area contributed by atoms with E-state index in [1.807, 2.05) is 11.3 Å². The maximum atomic E-state index is 5.90. The number of methoxy groups -OCH3 is 1. The number of nitrogens with one attached hydrogen (secondary N) is 1. The molecule has 116 valence electrons. The Labute approximate surface area is 135 Å². The van der Waals surface area contributed by atoms with Gasteiger partial charge in [-0.1, -0.05) is 6.07 Å². The normalized spacial score (nSPS) is 20.5. The van der Waals surface area contributed by atoms with Crippen molar-refractivity contribution in [1.82, 2.24) is 5.32 Å². The highest BCUT2D eigenvalue weighted by Gasteiger charge is 2.25. The fraction of sp³-hybridized carbons (Fsp3) is 0.444. The van der Waals surface area contributed by atoms with Crippen LogP contribution in [0.2, 0.25) is 0 Å². The molecule has 3 nitrogen and oxygen atoms in total. The molecule has 1 atom stereocenters. The smallest absolute Gasteiger partial charge is 0.161 e. The van der Waals surface area contributed by atoms with E-state index in [2.05, 4.69) is 35.0 Å². The Balaban J connectivity index is 1.53. The lowest BCUT2D eigenvalue weighted by Gasteiger charge is -2.24. The van der Waals surface area contributed by atoms with Gasteiger partial charge in [0.15, 0.2) is 11.5 Å². The molecule has 0 saturated heterocycles. The van der Waals surface area contributed by atoms with Crippen molar-refractivity contribution < 1.29 is 9.47 Å². The van der Waals surface area contributed by atoms with Crippen molar-refractivity contribution in [1.29, 1.82) is 0 Å². The zero-order valence-corrected chi connectivity index (χ0v) is 13.6. The van der Waals surface area contributed by atoms with Gasteiger partial charge in [0.05, 0.1) is 13.2 Å². The van der Waals surface area contributed by atoms with Gasteiger partial charge in [-0.3, -0.25) is 0 Å². The maximum absolute atomic E-state index is 5.90. The lowest BCUT2D eigenvalue weighted by Crippen LogP contribution is -2.29. The first-order valence-electron chi connectivity index (χ1n) is 7.96. The third-order valence-corrected chi connectivity index (χ3v) is 5.44. The maximum Gasteiger partial charge on any atom is 0.161 e. The van der Waals surface area contributed by atoms with Crippen molar-refractivity contribution in [3.63, 3.8) is 0 Å². The van der Waals surface area contributed by atoms with E-state index in [0.29, 0.717) is 12.1 Å². The summed E-state index contributed by atoms with van der Waals surface area (Å²) in [6.45, 7) is 1.06. The zero-order valence-electron chi connectivity index (χ0n) is 12.8. The molecule has 1 aromatic heterocycles. The Morgan fingerprint density at radius 2 is 2.14 bits per heavy atom. The number of thiophene rings is 1. The summed E-state index contributed by atoms with van der Waals surface area (Å²) < 4.78 is 11.4. The van der Waals surface area contributed by atoms with Crippen molar-refractivity contribution in [3.05, 3.63) is 45.6 Å². The molecule has 0 amide bonds. The fourth-order valence-corrected chi connectivity index (χ4v) is 4.07. The second-order valence-electron chi connectivity index (χ2n) is 6.07. The summed E-state index contributed by atoms with van der Waals surface area (Å²) in [6.07, 6.45) is 4.87. The van der Waals surface area contributed by atoms with E-state index < -0.39 is 0 Å². The van der Waals surface area contributed by atoms with Gasteiger partial charge >= 0.3 is 0 Å². The molecule has 1 N–H and O–H groups in total. The molecule has 4 heteroatoms. The molecular weight excluding hydrogens is 294 g/mol. The second-order valence-corrected chi connectivity index (χ2v) is 7.02. The molecule has 0 bridgehead atoms. The summed E-state index contributed by atoms with van der Waals surface area (Å²) in [5.74, 6) is 1.73. The number of fused-ring (bicyclic) bond motifs is 1. The van der Waals surface area contributed by atoms with Crippen molar-refractivity contribution >= 4 is 11.3 Å². The van der Waals surface area contributed by atoms with Crippen molar-refractivity contribution in [2.75, 3.05) is 13.7 Å². The third-order valence-electron chi connectivity index (χ3n) is 4.37. The van der Waals surface area contributed by atoms with E-state index >= 15 is 0 Å². The van der Waals surface area contributed by atoms with Gasteiger partial charge in [-0.15, -0.1) is 11.3 Å². The molecule has 22 heavy (non-hydrogen) atoms. The molecule has 2 heterocycles. The summed E-state index contributed by atoms with van der Waals surface area (Å²) in [5, 5.41) is 5.85. The van der Waals surface area contributed by atoms with Gasteiger partial charge < -0.3 is 14.8 Å². The third kappa shape index (κ3) is 2.85. The standard InChI is InChI=1S/C18H21NO2S/c1-20-17-11-12(2-5-16(17)21-14-3-4-14)10-15-18-13(6-8-19-15)7-9-22-18/h2,5,7,9,11,14-15,19H,3-4,6,8,10H2,1H3. The first kappa shape index (κ1) is 14.1. The molecule has 1 aliphatic carbocycles. The Kier molecular flexibility index (Phi) is 3.80. The Hall–Kier alpha value is -1.52. The Bertz CT molecular complexity index is 663. The molecular formula is C18H21NO2S. The quantitative estimate of drug-likeness (QED) is 0.912. The lowest BCUT2D eigenvalue weighted by atomic mass is 9.97. The van der Waals surface area contributed by atoms with Crippen LogP contribution < -0.4 is 14.8 Å². The van der Waals surface area contributed by atoms with Crippen LogP contribution in [0.4, 0.5) is 0 Å². The summed E-state index contributed by atoms with van der Waals surface area (Å²) in [7, 11) is 1.72. The molecule has 0 spiro atoms. The van der Waals surface area contributed by atoms with E-state index in [-0.39, 0.29) is 0 Å². The van der Waals surface area contributed by atoms with Crippen LogP contribution >= 0.6 is 11.3 Å². The molecule has 1 unspecified atom stereocenters. The molecule has 1 aromatic carbocycles. The van der Waals surface area contributed by atoms with Crippen LogP contribution in [0.5, 0.6) is 11.5 Å². The minimum absolute atomic E-state index is 0.397. The molecule has 1 saturated carbocycles. The van der Waals surface area contributed by atoms with Crippen molar-refractivity contribution in [2.45, 2.75) is 37.8 Å². The van der Waals surface area contributed by atoms with Crippen LogP contribution in [0.25, 0.3) is 0 Å². The van der Waals surface area contributed by atoms with E-state index in [4.69, 9.17) is 9.47 Å². The predicted molar refractivity (Wildman–Crippen MR) is 89.1 cm³/mol. The van der Waals surface area contributed by atoms with Gasteiger partial charge in [-0.2, -0.15) is 0 Å². The van der Waals surface area contributed by atoms with Gasteiger partial charge in [-0.25, -0.2) is 0 Å². The highest BCUT2D eigenvalue weighted by Crippen LogP contribution is 2.36. The molecule has 0 radical (unpaired) electrons. The second kappa shape index (κ2) is 5.94. The number of benzene rings is 1. The summed E-state index contributed by atoms with van der Waals surface area (Å²) in [5.41, 5.74) is 2.80. The SMILES string of the molecule is COc1cc(CC2NCCc3ccsc32)ccc1OC1CC1. The van der Waals surface area contributed by atoms with Crippen LogP contribution in [-0.4, -0.2) is 19.8 Å². The summed E-state index contributed by atoms with van der Waals surface area (Å²) in [6, 6.07) is 9.04. The van der Waals surface area contributed by atoms with Gasteiger partial charge in [0, 0.05) is 10.9 Å². The van der Waals surface area contributed by atoms with Crippen molar-refractivity contribution in [2.24, 2.45) is 0 Å². The molecule has 4 rings (SSSR count).